The molecule has 5 aliphatic heterocycles. The van der Waals surface area contributed by atoms with Crippen LogP contribution in [0.3, 0.4) is 0 Å². The minimum absolute atomic E-state index is 0.107. The molecule has 10 heterocycles. The fourth-order valence-corrected chi connectivity index (χ4v) is 18.3. The number of benzene rings is 5. The van der Waals surface area contributed by atoms with Crippen LogP contribution in [0.4, 0.5) is 40.0 Å². The fraction of sp³-hybridized carbons (Fsp3) is 0.390. The van der Waals surface area contributed by atoms with E-state index in [9.17, 15) is 38.5 Å². The number of ether oxygens (including phenoxy) is 7. The molecule has 0 aliphatic carbocycles. The highest BCUT2D eigenvalue weighted by atomic mass is 35.5. The summed E-state index contributed by atoms with van der Waals surface area (Å²) in [5.74, 6) is -1.97. The summed E-state index contributed by atoms with van der Waals surface area (Å²) in [4.78, 5) is 71.4. The van der Waals surface area contributed by atoms with Crippen molar-refractivity contribution in [2.24, 2.45) is 0 Å². The number of carboxylic acids is 3. The molecular formula is C82H90Cl2F2N10O13S5. The van der Waals surface area contributed by atoms with Crippen LogP contribution >= 0.6 is 79.9 Å². The number of morpholine rings is 5. The Balaban J connectivity index is 0.000000141. The second kappa shape index (κ2) is 41.6. The van der Waals surface area contributed by atoms with Gasteiger partial charge in [-0.05, 0) is 139 Å². The third-order valence-electron chi connectivity index (χ3n) is 19.4. The Kier molecular flexibility index (Phi) is 31.3. The lowest BCUT2D eigenvalue weighted by atomic mass is 9.97. The van der Waals surface area contributed by atoms with Gasteiger partial charge < -0.3 is 73.0 Å². The van der Waals surface area contributed by atoms with Crippen molar-refractivity contribution in [1.82, 2.24) is 19.9 Å². The van der Waals surface area contributed by atoms with Crippen molar-refractivity contribution in [3.63, 3.8) is 0 Å². The van der Waals surface area contributed by atoms with Gasteiger partial charge in [-0.2, -0.15) is 0 Å². The summed E-state index contributed by atoms with van der Waals surface area (Å²) in [6, 6.07) is 30.5. The zero-order chi connectivity index (χ0) is 81.0. The molecule has 0 amide bonds. The van der Waals surface area contributed by atoms with E-state index in [-0.39, 0.29) is 27.5 Å². The number of carbonyl (C=O) groups is 3. The lowest BCUT2D eigenvalue weighted by molar-refractivity contribution is 0.0689. The van der Waals surface area contributed by atoms with Crippen LogP contribution in [0.15, 0.2) is 103 Å². The van der Waals surface area contributed by atoms with E-state index in [1.54, 1.807) is 43.0 Å². The maximum atomic E-state index is 13.5. The van der Waals surface area contributed by atoms with E-state index in [4.69, 9.17) is 72.9 Å². The summed E-state index contributed by atoms with van der Waals surface area (Å²) in [7, 11) is 3.24. The molecule has 10 aromatic rings. The van der Waals surface area contributed by atoms with Crippen LogP contribution in [-0.2, 0) is 49.4 Å². The summed E-state index contributed by atoms with van der Waals surface area (Å²) < 4.78 is 63.7. The Bertz CT molecular complexity index is 4930. The van der Waals surface area contributed by atoms with Gasteiger partial charge in [-0.25, -0.2) is 47.9 Å². The van der Waals surface area contributed by atoms with Crippen LogP contribution in [0.2, 0.25) is 10.0 Å². The van der Waals surface area contributed by atoms with Crippen molar-refractivity contribution in [2.75, 3.05) is 170 Å². The maximum Gasteiger partial charge on any atom is 0.347 e. The van der Waals surface area contributed by atoms with E-state index in [1.165, 1.54) is 62.0 Å². The highest BCUT2D eigenvalue weighted by Gasteiger charge is 2.30. The molecule has 5 saturated heterocycles. The molecule has 32 heteroatoms. The topological polar surface area (TPSA) is 249 Å². The summed E-state index contributed by atoms with van der Waals surface area (Å²) in [5, 5.41) is 33.9. The standard InChI is InChI=1S/C19H20N2O4S.C17H20N2O4S.C16H17ClN2O3S.C15H16ClFN2OS.C15H17FN2OS/c1-12-10-14(24-3)5-4-13(12)11-15-16(20-2)18(26-17(15)19(22)23)21-6-8-25-9-7-21;1-11-9-13(22-2)4-3-12(11)10-14-15(16(20)21)24-17(18-14)19-5-7-23-8-6-19;1-10(11-2-4-12(17)5-3-11)13-14(15(20)21)23-16(18-13)19-6-8-22-9-7-19;1-10-14(9-11-2-3-12(16)13(17)8-11)18-15(21-10)19-4-6-20-7-5-19;1-11-14(10-12-2-4-13(16)5-3-12)17-15(20-11)18-6-8-19-9-7-18/h4-5,10H,6-9,11H2,1,3H3,(H,22,23);3-4,9H,5-8,10H2,1-2H3,(H,20,21);2-5,10H,6-9H2,1H3,(H,20,21);2-3,8H,4-7,9H2,1H3;2-5H,6-10H2,1H3. The van der Waals surface area contributed by atoms with Gasteiger partial charge >= 0.3 is 17.9 Å². The van der Waals surface area contributed by atoms with Crippen molar-refractivity contribution in [1.29, 1.82) is 0 Å². The Morgan fingerprint density at radius 3 is 1.34 bits per heavy atom. The van der Waals surface area contributed by atoms with Gasteiger partial charge in [0.05, 0.1) is 120 Å². The molecule has 1 atom stereocenters. The third kappa shape index (κ3) is 23.0. The first-order valence-electron chi connectivity index (χ1n) is 37.0. The van der Waals surface area contributed by atoms with Gasteiger partial charge in [-0.3, -0.25) is 0 Å². The van der Waals surface area contributed by atoms with Crippen LogP contribution in [0.5, 0.6) is 11.5 Å². The van der Waals surface area contributed by atoms with Gasteiger partial charge in [0.1, 0.15) is 37.8 Å². The first-order chi connectivity index (χ1) is 55.0. The van der Waals surface area contributed by atoms with Crippen molar-refractivity contribution in [3.05, 3.63) is 228 Å². The predicted octanol–water partition coefficient (Wildman–Crippen LogP) is 16.5. The van der Waals surface area contributed by atoms with Gasteiger partial charge in [0.15, 0.2) is 20.5 Å². The summed E-state index contributed by atoms with van der Waals surface area (Å²) in [6.45, 7) is 32.4. The van der Waals surface area contributed by atoms with Gasteiger partial charge in [-0.15, -0.1) is 34.0 Å². The number of aromatic nitrogens is 4. The van der Waals surface area contributed by atoms with Crippen LogP contribution in [0.25, 0.3) is 4.85 Å². The number of aryl methyl sites for hydroxylation is 4. The Morgan fingerprint density at radius 1 is 0.491 bits per heavy atom. The highest BCUT2D eigenvalue weighted by molar-refractivity contribution is 7.19. The first kappa shape index (κ1) is 85.9. The van der Waals surface area contributed by atoms with Gasteiger partial charge in [0.2, 0.25) is 5.69 Å². The zero-order valence-corrected chi connectivity index (χ0v) is 69.9. The van der Waals surface area contributed by atoms with Gasteiger partial charge in [-0.1, -0.05) is 95.3 Å². The largest absolute Gasteiger partial charge is 0.497 e. The van der Waals surface area contributed by atoms with Crippen molar-refractivity contribution in [3.8, 4) is 11.5 Å². The average Bonchev–Trinajstić information content (AvgIpc) is 1.64. The molecule has 0 saturated carbocycles. The molecule has 114 heavy (non-hydrogen) atoms. The van der Waals surface area contributed by atoms with Crippen LogP contribution < -0.4 is 34.0 Å². The van der Waals surface area contributed by atoms with E-state index in [0.29, 0.717) is 109 Å². The number of hydrogen-bond donors (Lipinski definition) is 3. The Labute approximate surface area is 691 Å². The molecule has 0 spiro atoms. The first-order valence-corrected chi connectivity index (χ1v) is 41.9. The molecule has 23 nitrogen and oxygen atoms in total. The van der Waals surface area contributed by atoms with E-state index < -0.39 is 17.9 Å². The fourth-order valence-electron chi connectivity index (χ4n) is 12.9. The van der Waals surface area contributed by atoms with Crippen molar-refractivity contribution in [2.45, 2.75) is 66.2 Å². The quantitative estimate of drug-likeness (QED) is 0.0600. The number of thiophene rings is 1. The van der Waals surface area contributed by atoms with Crippen LogP contribution in [-0.4, -0.2) is 199 Å². The molecule has 0 bridgehead atoms. The monoisotopic (exact) mass is 1690 g/mol. The number of anilines is 5. The van der Waals surface area contributed by atoms with Crippen molar-refractivity contribution >= 4 is 129 Å². The number of thiazole rings is 4. The molecule has 5 aliphatic rings. The number of rotatable bonds is 20. The highest BCUT2D eigenvalue weighted by Crippen LogP contribution is 2.45. The molecule has 5 aromatic carbocycles. The molecule has 604 valence electrons. The second-order valence-electron chi connectivity index (χ2n) is 27.0. The normalized spacial score (nSPS) is 15.2. The molecule has 3 N–H and O–H groups in total. The number of hydrogen-bond acceptors (Lipinski definition) is 24. The summed E-state index contributed by atoms with van der Waals surface area (Å²) in [5.41, 5.74) is 11.4. The lowest BCUT2D eigenvalue weighted by Gasteiger charge is -2.28. The summed E-state index contributed by atoms with van der Waals surface area (Å²) >= 11 is 18.7. The lowest BCUT2D eigenvalue weighted by Crippen LogP contribution is -2.36. The minimum atomic E-state index is -0.986. The number of halogens is 4. The smallest absolute Gasteiger partial charge is 0.347 e. The molecule has 0 radical (unpaired) electrons. The molecule has 1 unspecified atom stereocenters. The van der Waals surface area contributed by atoms with E-state index in [0.717, 1.165) is 173 Å². The second-order valence-corrected chi connectivity index (χ2v) is 33.2. The van der Waals surface area contributed by atoms with E-state index in [2.05, 4.69) is 53.2 Å². The van der Waals surface area contributed by atoms with Crippen LogP contribution in [0.1, 0.15) is 119 Å². The molecule has 15 rings (SSSR count). The number of carboxylic acid groups (broad SMARTS) is 3. The number of nitrogens with zero attached hydrogens (tertiary/aromatic N) is 10. The minimum Gasteiger partial charge on any atom is -0.497 e. The molecule has 5 fully saturated rings. The third-order valence-corrected chi connectivity index (χ3v) is 25.7. The Morgan fingerprint density at radius 2 is 0.904 bits per heavy atom. The van der Waals surface area contributed by atoms with E-state index >= 15 is 0 Å². The average molecular weight is 1690 g/mol. The van der Waals surface area contributed by atoms with Crippen molar-refractivity contribution < 1.29 is 71.6 Å². The predicted molar refractivity (Wildman–Crippen MR) is 448 cm³/mol. The van der Waals surface area contributed by atoms with Crippen LogP contribution in [0, 0.1) is 45.9 Å². The summed E-state index contributed by atoms with van der Waals surface area (Å²) in [6.07, 6.45) is 2.29. The zero-order valence-electron chi connectivity index (χ0n) is 64.3. The SMILES string of the molecule is CC(c1ccc(Cl)cc1)c1nc(N2CCOCC2)sc1C(=O)O.COc1ccc(Cc2nc(N3CCOCC3)sc2C(=O)O)c(C)c1.Cc1sc(N2CCOCC2)nc1Cc1ccc(Cl)c(F)c1.Cc1sc(N2CCOCC2)nc1Cc1ccc(F)cc1.[C-]#[N+]c1c(N2CCOCC2)sc(C(=O)O)c1Cc1ccc(OC)cc1C. The maximum absolute atomic E-state index is 13.5. The van der Waals surface area contributed by atoms with E-state index in [1.807, 2.05) is 99.6 Å². The van der Waals surface area contributed by atoms with Gasteiger partial charge in [0, 0.05) is 105 Å². The Hall–Kier alpha value is -8.94. The number of methoxy groups -OCH3 is 2. The number of aromatic carboxylic acids is 3. The molecule has 5 aromatic heterocycles. The van der Waals surface area contributed by atoms with Gasteiger partial charge in [0.25, 0.3) is 0 Å². The molecular weight excluding hydrogens is 1600 g/mol.